The van der Waals surface area contributed by atoms with Crippen molar-refractivity contribution >= 4 is 35.6 Å². The van der Waals surface area contributed by atoms with Crippen LogP contribution in [0, 0.1) is 6.92 Å². The highest BCUT2D eigenvalue weighted by Crippen LogP contribution is 2.23. The molecule has 2 rings (SSSR count). The molecule has 0 radical (unpaired) electrons. The number of nitrogens with zero attached hydrogens (tertiary/aromatic N) is 2. The smallest absolute Gasteiger partial charge is 0.193 e. The van der Waals surface area contributed by atoms with E-state index in [2.05, 4.69) is 46.4 Å². The number of hydrogen-bond acceptors (Lipinski definition) is 3. The van der Waals surface area contributed by atoms with Crippen LogP contribution in [-0.4, -0.2) is 38.6 Å². The quantitative estimate of drug-likeness (QED) is 0.398. The molecule has 3 N–H and O–H groups in total. The van der Waals surface area contributed by atoms with Crippen molar-refractivity contribution in [3.8, 4) is 5.75 Å². The average Bonchev–Trinajstić information content (AvgIpc) is 2.57. The number of guanidine groups is 1. The highest BCUT2D eigenvalue weighted by Gasteiger charge is 2.13. The second-order valence-electron chi connectivity index (χ2n) is 5.94. The molecule has 1 atom stereocenters. The van der Waals surface area contributed by atoms with Crippen molar-refractivity contribution in [2.24, 2.45) is 10.7 Å². The van der Waals surface area contributed by atoms with Gasteiger partial charge >= 0.3 is 0 Å². The number of benzene rings is 2. The lowest BCUT2D eigenvalue weighted by Gasteiger charge is -2.23. The van der Waals surface area contributed by atoms with Gasteiger partial charge in [-0.25, -0.2) is 0 Å². The van der Waals surface area contributed by atoms with E-state index < -0.39 is 0 Å². The van der Waals surface area contributed by atoms with Crippen LogP contribution in [0.5, 0.6) is 5.75 Å². The van der Waals surface area contributed by atoms with Crippen molar-refractivity contribution in [3.05, 3.63) is 59.7 Å². The van der Waals surface area contributed by atoms with Crippen LogP contribution in [0.1, 0.15) is 17.2 Å². The Bertz CT molecular complexity index is 686. The summed E-state index contributed by atoms with van der Waals surface area (Å²) in [5, 5.41) is 3.10. The number of para-hydroxylation sites is 2. The molecular weight excluding hydrogens is 427 g/mol. The Labute approximate surface area is 167 Å². The minimum absolute atomic E-state index is 0. The van der Waals surface area contributed by atoms with E-state index in [0.29, 0.717) is 12.5 Å². The van der Waals surface area contributed by atoms with Gasteiger partial charge in [0.25, 0.3) is 0 Å². The van der Waals surface area contributed by atoms with Crippen LogP contribution in [0.4, 0.5) is 5.69 Å². The molecule has 0 saturated heterocycles. The topological polar surface area (TPSA) is 62.9 Å². The summed E-state index contributed by atoms with van der Waals surface area (Å²) >= 11 is 0. The van der Waals surface area contributed by atoms with Crippen molar-refractivity contribution in [3.63, 3.8) is 0 Å². The first-order valence-corrected chi connectivity index (χ1v) is 7.94. The highest BCUT2D eigenvalue weighted by atomic mass is 127. The van der Waals surface area contributed by atoms with Gasteiger partial charge in [0.1, 0.15) is 5.75 Å². The number of aliphatic imine (C=N–C) groups is 1. The summed E-state index contributed by atoms with van der Waals surface area (Å²) in [5.74, 6) is 1.11. The fourth-order valence-electron chi connectivity index (χ4n) is 2.47. The van der Waals surface area contributed by atoms with E-state index in [1.54, 1.807) is 7.11 Å². The predicted octanol–water partition coefficient (Wildman–Crippen LogP) is 3.65. The normalized spacial score (nSPS) is 12.4. The largest absolute Gasteiger partial charge is 0.495 e. The number of hydrogen-bond donors (Lipinski definition) is 2. The zero-order valence-corrected chi connectivity index (χ0v) is 17.5. The molecule has 0 aliphatic rings. The summed E-state index contributed by atoms with van der Waals surface area (Å²) in [4.78, 5) is 6.64. The fourth-order valence-corrected chi connectivity index (χ4v) is 2.47. The second kappa shape index (κ2) is 10.2. The minimum atomic E-state index is 0. The molecule has 0 bridgehead atoms. The number of nitrogens with two attached hydrogens (primary N) is 1. The molecule has 0 fully saturated rings. The molecule has 25 heavy (non-hydrogen) atoms. The number of nitrogens with one attached hydrogen (secondary N) is 1. The van der Waals surface area contributed by atoms with Gasteiger partial charge in [0.15, 0.2) is 5.96 Å². The molecule has 2 aromatic carbocycles. The highest BCUT2D eigenvalue weighted by molar-refractivity contribution is 14.0. The molecule has 0 aromatic heterocycles. The zero-order chi connectivity index (χ0) is 17.5. The maximum atomic E-state index is 6.04. The van der Waals surface area contributed by atoms with Crippen LogP contribution in [0.2, 0.25) is 0 Å². The van der Waals surface area contributed by atoms with Crippen LogP contribution in [0.3, 0.4) is 0 Å². The van der Waals surface area contributed by atoms with Crippen LogP contribution in [0.25, 0.3) is 0 Å². The second-order valence-corrected chi connectivity index (χ2v) is 5.94. The minimum Gasteiger partial charge on any atom is -0.495 e. The summed E-state index contributed by atoms with van der Waals surface area (Å²) in [6.45, 7) is 2.66. The first-order valence-electron chi connectivity index (χ1n) is 7.94. The van der Waals surface area contributed by atoms with Crippen LogP contribution >= 0.6 is 24.0 Å². The molecule has 2 aromatic rings. The number of halogens is 1. The molecule has 0 spiro atoms. The lowest BCUT2D eigenvalue weighted by Crippen LogP contribution is -2.27. The Balaban J connectivity index is 0.00000312. The Hall–Kier alpha value is -1.80. The lowest BCUT2D eigenvalue weighted by molar-refractivity contribution is 0.306. The van der Waals surface area contributed by atoms with Crippen molar-refractivity contribution < 1.29 is 4.74 Å². The van der Waals surface area contributed by atoms with Crippen molar-refractivity contribution in [2.45, 2.75) is 13.0 Å². The third-order valence-electron chi connectivity index (χ3n) is 3.89. The van der Waals surface area contributed by atoms with E-state index in [-0.39, 0.29) is 30.0 Å². The summed E-state index contributed by atoms with van der Waals surface area (Å²) in [6.07, 6.45) is 0. The SMILES string of the molecule is COc1ccccc1NC(N)=NCC(c1ccc(C)cc1)N(C)C.I. The third-order valence-corrected chi connectivity index (χ3v) is 3.89. The Morgan fingerprint density at radius 3 is 2.40 bits per heavy atom. The Kier molecular flexibility index (Phi) is 8.71. The number of aryl methyl sites for hydroxylation is 1. The summed E-state index contributed by atoms with van der Waals surface area (Å²) in [6, 6.07) is 16.3. The summed E-state index contributed by atoms with van der Waals surface area (Å²) in [5.41, 5.74) is 9.32. The fraction of sp³-hybridized carbons (Fsp3) is 0.316. The number of methoxy groups -OCH3 is 1. The molecule has 5 nitrogen and oxygen atoms in total. The number of anilines is 1. The van der Waals surface area contributed by atoms with E-state index in [1.807, 2.05) is 38.4 Å². The van der Waals surface area contributed by atoms with Crippen LogP contribution in [-0.2, 0) is 0 Å². The van der Waals surface area contributed by atoms with E-state index in [0.717, 1.165) is 11.4 Å². The van der Waals surface area contributed by atoms with Gasteiger partial charge in [-0.3, -0.25) is 4.99 Å². The van der Waals surface area contributed by atoms with Crippen molar-refractivity contribution in [1.29, 1.82) is 0 Å². The van der Waals surface area contributed by atoms with Gasteiger partial charge in [-0.2, -0.15) is 0 Å². The maximum absolute atomic E-state index is 6.04. The maximum Gasteiger partial charge on any atom is 0.193 e. The van der Waals surface area contributed by atoms with E-state index >= 15 is 0 Å². The zero-order valence-electron chi connectivity index (χ0n) is 15.2. The molecular formula is C19H27IN4O. The first kappa shape index (κ1) is 21.2. The van der Waals surface area contributed by atoms with E-state index in [4.69, 9.17) is 10.5 Å². The molecule has 6 heteroatoms. The summed E-state index contributed by atoms with van der Waals surface area (Å²) < 4.78 is 5.31. The number of rotatable bonds is 6. The summed E-state index contributed by atoms with van der Waals surface area (Å²) in [7, 11) is 5.72. The van der Waals surface area contributed by atoms with Crippen LogP contribution < -0.4 is 15.8 Å². The molecule has 0 aliphatic carbocycles. The standard InChI is InChI=1S/C19H26N4O.HI/c1-14-9-11-15(12-10-14)17(23(2)3)13-21-19(20)22-16-7-5-6-8-18(16)24-4;/h5-12,17H,13H2,1-4H3,(H3,20,21,22);1H. The molecule has 0 aliphatic heterocycles. The molecule has 136 valence electrons. The van der Waals surface area contributed by atoms with Gasteiger partial charge in [0, 0.05) is 0 Å². The molecule has 1 unspecified atom stereocenters. The van der Waals surface area contributed by atoms with Crippen molar-refractivity contribution in [1.82, 2.24) is 4.90 Å². The van der Waals surface area contributed by atoms with E-state index in [1.165, 1.54) is 11.1 Å². The number of ether oxygens (including phenoxy) is 1. The van der Waals surface area contributed by atoms with Gasteiger partial charge < -0.3 is 20.7 Å². The van der Waals surface area contributed by atoms with Gasteiger partial charge in [0.2, 0.25) is 0 Å². The third kappa shape index (κ3) is 6.21. The Morgan fingerprint density at radius 1 is 1.16 bits per heavy atom. The lowest BCUT2D eigenvalue weighted by atomic mass is 10.0. The van der Waals surface area contributed by atoms with Gasteiger partial charge in [-0.15, -0.1) is 24.0 Å². The average molecular weight is 454 g/mol. The number of likely N-dealkylation sites (N-methyl/N-ethyl adjacent to an activating group) is 1. The first-order chi connectivity index (χ1) is 11.5. The van der Waals surface area contributed by atoms with Crippen LogP contribution in [0.15, 0.2) is 53.5 Å². The molecule has 0 amide bonds. The van der Waals surface area contributed by atoms with Gasteiger partial charge in [0.05, 0.1) is 25.4 Å². The van der Waals surface area contributed by atoms with Gasteiger partial charge in [-0.1, -0.05) is 42.0 Å². The predicted molar refractivity (Wildman–Crippen MR) is 116 cm³/mol. The molecule has 0 heterocycles. The monoisotopic (exact) mass is 454 g/mol. The Morgan fingerprint density at radius 2 is 1.80 bits per heavy atom. The van der Waals surface area contributed by atoms with Crippen molar-refractivity contribution in [2.75, 3.05) is 33.1 Å². The van der Waals surface area contributed by atoms with Gasteiger partial charge in [-0.05, 0) is 38.7 Å². The van der Waals surface area contributed by atoms with E-state index in [9.17, 15) is 0 Å². The molecule has 0 saturated carbocycles.